The Morgan fingerprint density at radius 1 is 1.17 bits per heavy atom. The molecule has 0 bridgehead atoms. The van der Waals surface area contributed by atoms with Gasteiger partial charge in [0.25, 0.3) is 0 Å². The molecule has 1 heterocycles. The fourth-order valence-corrected chi connectivity index (χ4v) is 2.81. The molecule has 1 saturated heterocycles. The molecule has 0 aromatic heterocycles. The molecule has 3 rings (SSSR count). The van der Waals surface area contributed by atoms with Crippen LogP contribution in [0.25, 0.3) is 0 Å². The number of hydrogen-bond donors (Lipinski definition) is 2. The molecule has 6 heteroatoms. The van der Waals surface area contributed by atoms with Crippen LogP contribution >= 0.6 is 0 Å². The van der Waals surface area contributed by atoms with E-state index in [1.165, 1.54) is 12.1 Å². The third kappa shape index (κ3) is 3.82. The molecule has 6 nitrogen and oxygen atoms in total. The maximum atomic E-state index is 12.1. The highest BCUT2D eigenvalue weighted by molar-refractivity contribution is 5.87. The fourth-order valence-electron chi connectivity index (χ4n) is 2.81. The van der Waals surface area contributed by atoms with Gasteiger partial charge in [-0.05, 0) is 43.5 Å². The van der Waals surface area contributed by atoms with Gasteiger partial charge in [-0.2, -0.15) is 0 Å². The lowest BCUT2D eigenvalue weighted by molar-refractivity contribution is -0.130. The zero-order chi connectivity index (χ0) is 16.2. The van der Waals surface area contributed by atoms with Gasteiger partial charge in [0, 0.05) is 12.5 Å². The predicted molar refractivity (Wildman–Crippen MR) is 82.5 cm³/mol. The first-order chi connectivity index (χ1) is 11.1. The summed E-state index contributed by atoms with van der Waals surface area (Å²) in [5.74, 6) is -0.136. The number of hydrogen-bond acceptors (Lipinski definition) is 4. The molecule has 124 valence electrons. The number of ether oxygens (including phenoxy) is 2. The van der Waals surface area contributed by atoms with Crippen molar-refractivity contribution in [2.75, 3.05) is 13.2 Å². The molecule has 0 unspecified atom stereocenters. The van der Waals surface area contributed by atoms with Crippen LogP contribution in [0.2, 0.25) is 0 Å². The van der Waals surface area contributed by atoms with Gasteiger partial charge in [0.15, 0.2) is 0 Å². The average Bonchev–Trinajstić information content (AvgIpc) is 2.48. The first kappa shape index (κ1) is 15.8. The number of aromatic carboxylic acids is 1. The van der Waals surface area contributed by atoms with Gasteiger partial charge in [-0.3, -0.25) is 4.79 Å². The summed E-state index contributed by atoms with van der Waals surface area (Å²) >= 11 is 0. The van der Waals surface area contributed by atoms with Crippen molar-refractivity contribution in [2.45, 2.75) is 37.8 Å². The lowest BCUT2D eigenvalue weighted by atomic mass is 9.84. The van der Waals surface area contributed by atoms with Gasteiger partial charge in [0.05, 0.1) is 18.2 Å². The van der Waals surface area contributed by atoms with Gasteiger partial charge in [-0.15, -0.1) is 0 Å². The standard InChI is InChI=1S/C17H21NO5/c19-16(11-2-1-3-11)18-14-8-9-22-10-15(14)23-13-6-4-12(5-7-13)17(20)21/h4-7,11,14-15H,1-3,8-10H2,(H,18,19)(H,20,21)/t14-,15-/m1/s1. The van der Waals surface area contributed by atoms with E-state index in [2.05, 4.69) is 5.32 Å². The Morgan fingerprint density at radius 3 is 2.52 bits per heavy atom. The van der Waals surface area contributed by atoms with E-state index in [1.54, 1.807) is 12.1 Å². The van der Waals surface area contributed by atoms with Gasteiger partial charge < -0.3 is 19.9 Å². The zero-order valence-corrected chi connectivity index (χ0v) is 12.9. The molecule has 2 aliphatic rings. The third-order valence-corrected chi connectivity index (χ3v) is 4.50. The van der Waals surface area contributed by atoms with Gasteiger partial charge >= 0.3 is 5.97 Å². The lowest BCUT2D eigenvalue weighted by Crippen LogP contribution is -2.53. The monoisotopic (exact) mass is 319 g/mol. The molecule has 1 aromatic carbocycles. The SMILES string of the molecule is O=C(O)c1ccc(O[C@@H]2COCC[C@H]2NC(=O)C2CCC2)cc1. The number of rotatable bonds is 5. The lowest BCUT2D eigenvalue weighted by Gasteiger charge is -2.34. The van der Waals surface area contributed by atoms with E-state index >= 15 is 0 Å². The number of nitrogens with one attached hydrogen (secondary N) is 1. The second-order valence-corrected chi connectivity index (χ2v) is 6.09. The molecule has 1 aromatic rings. The van der Waals surface area contributed by atoms with E-state index in [0.29, 0.717) is 19.0 Å². The summed E-state index contributed by atoms with van der Waals surface area (Å²) < 4.78 is 11.4. The molecule has 1 aliphatic heterocycles. The molecular formula is C17H21NO5. The van der Waals surface area contributed by atoms with E-state index in [4.69, 9.17) is 14.6 Å². The minimum atomic E-state index is -0.969. The van der Waals surface area contributed by atoms with Crippen LogP contribution in [0.4, 0.5) is 0 Å². The van der Waals surface area contributed by atoms with Crippen LogP contribution in [0, 0.1) is 5.92 Å². The van der Waals surface area contributed by atoms with E-state index in [-0.39, 0.29) is 29.5 Å². The van der Waals surface area contributed by atoms with Crippen LogP contribution in [-0.2, 0) is 9.53 Å². The summed E-state index contributed by atoms with van der Waals surface area (Å²) in [7, 11) is 0. The van der Waals surface area contributed by atoms with Crippen molar-refractivity contribution in [3.05, 3.63) is 29.8 Å². The number of carbonyl (C=O) groups excluding carboxylic acids is 1. The van der Waals surface area contributed by atoms with Crippen LogP contribution in [0.1, 0.15) is 36.0 Å². The normalized spacial score (nSPS) is 24.5. The van der Waals surface area contributed by atoms with Crippen molar-refractivity contribution < 1.29 is 24.2 Å². The summed E-state index contributed by atoms with van der Waals surface area (Å²) in [5, 5.41) is 12.0. The molecule has 1 amide bonds. The number of carboxylic acids is 1. The summed E-state index contributed by atoms with van der Waals surface area (Å²) in [6.07, 6.45) is 3.52. The molecule has 0 radical (unpaired) electrons. The highest BCUT2D eigenvalue weighted by Gasteiger charge is 2.32. The van der Waals surface area contributed by atoms with Crippen LogP contribution in [0.15, 0.2) is 24.3 Å². The average molecular weight is 319 g/mol. The molecule has 1 saturated carbocycles. The molecule has 0 spiro atoms. The van der Waals surface area contributed by atoms with E-state index in [1.807, 2.05) is 0 Å². The van der Waals surface area contributed by atoms with Crippen LogP contribution in [-0.4, -0.2) is 42.3 Å². The predicted octanol–water partition coefficient (Wildman–Crippen LogP) is 1.84. The molecule has 1 aliphatic carbocycles. The Labute approximate surface area is 134 Å². The number of carbonyl (C=O) groups is 2. The van der Waals surface area contributed by atoms with Crippen molar-refractivity contribution in [1.29, 1.82) is 0 Å². The topological polar surface area (TPSA) is 84.9 Å². The van der Waals surface area contributed by atoms with Crippen LogP contribution < -0.4 is 10.1 Å². The van der Waals surface area contributed by atoms with Gasteiger partial charge in [0.1, 0.15) is 11.9 Å². The third-order valence-electron chi connectivity index (χ3n) is 4.50. The van der Waals surface area contributed by atoms with Gasteiger partial charge in [0.2, 0.25) is 5.91 Å². The largest absolute Gasteiger partial charge is 0.486 e. The van der Waals surface area contributed by atoms with Crippen molar-refractivity contribution in [1.82, 2.24) is 5.32 Å². The Balaban J connectivity index is 1.61. The van der Waals surface area contributed by atoms with Crippen molar-refractivity contribution in [3.8, 4) is 5.75 Å². The number of benzene rings is 1. The molecule has 2 N–H and O–H groups in total. The molecule has 2 atom stereocenters. The van der Waals surface area contributed by atoms with Gasteiger partial charge in [-0.1, -0.05) is 6.42 Å². The quantitative estimate of drug-likeness (QED) is 0.865. The highest BCUT2D eigenvalue weighted by Crippen LogP contribution is 2.27. The van der Waals surface area contributed by atoms with Gasteiger partial charge in [-0.25, -0.2) is 4.79 Å². The Morgan fingerprint density at radius 2 is 1.91 bits per heavy atom. The van der Waals surface area contributed by atoms with Crippen molar-refractivity contribution in [3.63, 3.8) is 0 Å². The van der Waals surface area contributed by atoms with Crippen LogP contribution in [0.3, 0.4) is 0 Å². The highest BCUT2D eigenvalue weighted by atomic mass is 16.5. The van der Waals surface area contributed by atoms with E-state index in [0.717, 1.165) is 25.7 Å². The number of carboxylic acid groups (broad SMARTS) is 1. The summed E-state index contributed by atoms with van der Waals surface area (Å²) in [4.78, 5) is 23.0. The minimum Gasteiger partial charge on any atom is -0.486 e. The van der Waals surface area contributed by atoms with E-state index < -0.39 is 5.97 Å². The second kappa shape index (κ2) is 7.00. The Bertz CT molecular complexity index is 567. The van der Waals surface area contributed by atoms with E-state index in [9.17, 15) is 9.59 Å². The summed E-state index contributed by atoms with van der Waals surface area (Å²) in [5.41, 5.74) is 0.215. The maximum Gasteiger partial charge on any atom is 0.335 e. The summed E-state index contributed by atoms with van der Waals surface area (Å²) in [6.45, 7) is 1.02. The first-order valence-corrected chi connectivity index (χ1v) is 8.01. The maximum absolute atomic E-state index is 12.1. The minimum absolute atomic E-state index is 0.0731. The number of amides is 1. The molecule has 2 fully saturated rings. The second-order valence-electron chi connectivity index (χ2n) is 6.09. The first-order valence-electron chi connectivity index (χ1n) is 8.01. The summed E-state index contributed by atoms with van der Waals surface area (Å²) in [6, 6.07) is 6.19. The molecular weight excluding hydrogens is 298 g/mol. The smallest absolute Gasteiger partial charge is 0.335 e. The fraction of sp³-hybridized carbons (Fsp3) is 0.529. The zero-order valence-electron chi connectivity index (χ0n) is 12.9. The molecule has 23 heavy (non-hydrogen) atoms. The van der Waals surface area contributed by atoms with Crippen molar-refractivity contribution >= 4 is 11.9 Å². The Kier molecular flexibility index (Phi) is 4.81. The Hall–Kier alpha value is -2.08. The van der Waals surface area contributed by atoms with Crippen molar-refractivity contribution in [2.24, 2.45) is 5.92 Å². The van der Waals surface area contributed by atoms with Crippen LogP contribution in [0.5, 0.6) is 5.75 Å².